The second-order valence-electron chi connectivity index (χ2n) is 1.89. The van der Waals surface area contributed by atoms with E-state index in [1.165, 1.54) is 0 Å². The molecule has 1 aromatic heterocycles. The van der Waals surface area contributed by atoms with E-state index in [2.05, 4.69) is 16.8 Å². The predicted molar refractivity (Wildman–Crippen MR) is 40.6 cm³/mol. The van der Waals surface area contributed by atoms with E-state index in [0.29, 0.717) is 0 Å². The molecule has 0 N–H and O–H groups in total. The Morgan fingerprint density at radius 1 is 1.60 bits per heavy atom. The van der Waals surface area contributed by atoms with Gasteiger partial charge in [0.05, 0.1) is 18.1 Å². The van der Waals surface area contributed by atoms with Crippen molar-refractivity contribution in [1.29, 1.82) is 0 Å². The van der Waals surface area contributed by atoms with Crippen LogP contribution < -0.4 is 4.90 Å². The lowest BCUT2D eigenvalue weighted by Crippen LogP contribution is -2.06. The molecule has 0 aliphatic carbocycles. The van der Waals surface area contributed by atoms with Gasteiger partial charge in [-0.05, 0) is 12.3 Å². The van der Waals surface area contributed by atoms with Crippen molar-refractivity contribution in [3.05, 3.63) is 31.2 Å². The second kappa shape index (κ2) is 2.96. The summed E-state index contributed by atoms with van der Waals surface area (Å²) in [4.78, 5) is 1.87. The number of nitrogens with zero attached hydrogens (tertiary/aromatic N) is 3. The Kier molecular flexibility index (Phi) is 1.99. The van der Waals surface area contributed by atoms with Crippen molar-refractivity contribution >= 4 is 5.69 Å². The molecule has 0 saturated carbocycles. The highest BCUT2D eigenvalue weighted by Crippen LogP contribution is 2.06. The van der Waals surface area contributed by atoms with Crippen LogP contribution in [-0.2, 0) is 0 Å². The fourth-order valence-electron chi connectivity index (χ4n) is 0.598. The first-order valence-electron chi connectivity index (χ1n) is 2.96. The Bertz CT molecular complexity index is 207. The number of hydrogen-bond donors (Lipinski definition) is 0. The van der Waals surface area contributed by atoms with Gasteiger partial charge in [-0.3, -0.25) is 0 Å². The fraction of sp³-hybridized carbons (Fsp3) is 0.143. The Morgan fingerprint density at radius 3 is 2.90 bits per heavy atom. The molecule has 52 valence electrons. The second-order valence-corrected chi connectivity index (χ2v) is 1.89. The summed E-state index contributed by atoms with van der Waals surface area (Å²) in [5.41, 5.74) is 0.991. The maximum atomic E-state index is 3.71. The molecule has 1 heterocycles. The van der Waals surface area contributed by atoms with Crippen LogP contribution in [0.2, 0.25) is 0 Å². The third-order valence-corrected chi connectivity index (χ3v) is 1.25. The number of aromatic nitrogens is 2. The lowest BCUT2D eigenvalue weighted by molar-refractivity contribution is 1.01. The quantitative estimate of drug-likeness (QED) is 0.607. The largest absolute Gasteiger partial charge is 0.350 e. The molecule has 0 spiro atoms. The molecule has 0 atom stereocenters. The van der Waals surface area contributed by atoms with E-state index in [9.17, 15) is 0 Å². The van der Waals surface area contributed by atoms with Crippen molar-refractivity contribution in [1.82, 2.24) is 10.2 Å². The van der Waals surface area contributed by atoms with E-state index >= 15 is 0 Å². The van der Waals surface area contributed by atoms with Gasteiger partial charge in [-0.15, -0.1) is 0 Å². The van der Waals surface area contributed by atoms with Gasteiger partial charge in [0, 0.05) is 7.05 Å². The molecular formula is C7H9N3. The highest BCUT2D eigenvalue weighted by molar-refractivity contribution is 5.44. The van der Waals surface area contributed by atoms with E-state index in [1.54, 1.807) is 18.6 Å². The summed E-state index contributed by atoms with van der Waals surface area (Å²) in [6.07, 6.45) is 5.05. The Balaban J connectivity index is 2.84. The van der Waals surface area contributed by atoms with Gasteiger partial charge in [-0.1, -0.05) is 6.58 Å². The zero-order valence-corrected chi connectivity index (χ0v) is 5.86. The smallest absolute Gasteiger partial charge is 0.0733 e. The molecule has 1 rings (SSSR count). The zero-order valence-electron chi connectivity index (χ0n) is 5.86. The molecule has 0 unspecified atom stereocenters. The van der Waals surface area contributed by atoms with E-state index in [0.717, 1.165) is 5.69 Å². The summed E-state index contributed by atoms with van der Waals surface area (Å²) in [6.45, 7) is 3.61. The topological polar surface area (TPSA) is 29.0 Å². The monoisotopic (exact) mass is 135 g/mol. The molecule has 3 heteroatoms. The van der Waals surface area contributed by atoms with Gasteiger partial charge >= 0.3 is 0 Å². The van der Waals surface area contributed by atoms with Crippen LogP contribution in [0, 0.1) is 0 Å². The minimum atomic E-state index is 0.991. The van der Waals surface area contributed by atoms with Gasteiger partial charge in [-0.25, -0.2) is 0 Å². The van der Waals surface area contributed by atoms with Crippen LogP contribution in [0.1, 0.15) is 0 Å². The maximum Gasteiger partial charge on any atom is 0.0733 e. The van der Waals surface area contributed by atoms with Crippen molar-refractivity contribution in [3.8, 4) is 0 Å². The summed E-state index contributed by atoms with van der Waals surface area (Å²) < 4.78 is 0. The van der Waals surface area contributed by atoms with Crippen molar-refractivity contribution in [2.24, 2.45) is 0 Å². The van der Waals surface area contributed by atoms with Gasteiger partial charge < -0.3 is 4.90 Å². The van der Waals surface area contributed by atoms with Gasteiger partial charge in [0.2, 0.25) is 0 Å². The van der Waals surface area contributed by atoms with Crippen LogP contribution in [0.15, 0.2) is 31.2 Å². The summed E-state index contributed by atoms with van der Waals surface area (Å²) >= 11 is 0. The summed E-state index contributed by atoms with van der Waals surface area (Å²) in [5.74, 6) is 0. The highest BCUT2D eigenvalue weighted by atomic mass is 15.1. The van der Waals surface area contributed by atoms with Crippen LogP contribution in [-0.4, -0.2) is 17.2 Å². The average Bonchev–Trinajstić information content (AvgIpc) is 2.05. The van der Waals surface area contributed by atoms with Gasteiger partial charge in [0.1, 0.15) is 0 Å². The molecule has 0 aliphatic rings. The van der Waals surface area contributed by atoms with Gasteiger partial charge in [0.15, 0.2) is 0 Å². The predicted octanol–water partition coefficient (Wildman–Crippen LogP) is 1.06. The molecule has 0 fully saturated rings. The Labute approximate surface area is 60.0 Å². The zero-order chi connectivity index (χ0) is 7.40. The molecule has 0 amide bonds. The number of hydrogen-bond acceptors (Lipinski definition) is 3. The first-order valence-corrected chi connectivity index (χ1v) is 2.96. The Hall–Kier alpha value is -1.38. The molecule has 0 radical (unpaired) electrons. The normalized spacial score (nSPS) is 8.90. The standard InChI is InChI=1S/C7H9N3/c1-3-10(2)7-4-5-8-9-6-7/h3-6H,1H2,2H3. The van der Waals surface area contributed by atoms with Crippen LogP contribution in [0.3, 0.4) is 0 Å². The summed E-state index contributed by atoms with van der Waals surface area (Å²) in [5, 5.41) is 7.37. The van der Waals surface area contributed by atoms with Crippen molar-refractivity contribution in [3.63, 3.8) is 0 Å². The maximum absolute atomic E-state index is 3.71. The van der Waals surface area contributed by atoms with E-state index < -0.39 is 0 Å². The average molecular weight is 135 g/mol. The van der Waals surface area contributed by atoms with Crippen LogP contribution in [0.4, 0.5) is 5.69 Å². The third kappa shape index (κ3) is 1.31. The van der Waals surface area contributed by atoms with Crippen LogP contribution >= 0.6 is 0 Å². The number of rotatable bonds is 2. The fourth-order valence-corrected chi connectivity index (χ4v) is 0.598. The molecular weight excluding hydrogens is 126 g/mol. The molecule has 0 bridgehead atoms. The minimum absolute atomic E-state index is 0.991. The van der Waals surface area contributed by atoms with Crippen molar-refractivity contribution < 1.29 is 0 Å². The lowest BCUT2D eigenvalue weighted by Gasteiger charge is -2.10. The van der Waals surface area contributed by atoms with Crippen molar-refractivity contribution in [2.75, 3.05) is 11.9 Å². The molecule has 0 aliphatic heterocycles. The molecule has 10 heavy (non-hydrogen) atoms. The van der Waals surface area contributed by atoms with Crippen LogP contribution in [0.5, 0.6) is 0 Å². The van der Waals surface area contributed by atoms with Crippen molar-refractivity contribution in [2.45, 2.75) is 0 Å². The lowest BCUT2D eigenvalue weighted by atomic mass is 10.4. The van der Waals surface area contributed by atoms with Crippen LogP contribution in [0.25, 0.3) is 0 Å². The highest BCUT2D eigenvalue weighted by Gasteiger charge is 1.92. The third-order valence-electron chi connectivity index (χ3n) is 1.25. The van der Waals surface area contributed by atoms with E-state index in [-0.39, 0.29) is 0 Å². The van der Waals surface area contributed by atoms with E-state index in [1.807, 2.05) is 18.0 Å². The first-order chi connectivity index (χ1) is 4.84. The van der Waals surface area contributed by atoms with E-state index in [4.69, 9.17) is 0 Å². The first kappa shape index (κ1) is 6.74. The number of anilines is 1. The SMILES string of the molecule is C=CN(C)c1ccnnc1. The molecule has 0 saturated heterocycles. The summed E-state index contributed by atoms with van der Waals surface area (Å²) in [7, 11) is 1.91. The molecule has 3 nitrogen and oxygen atoms in total. The minimum Gasteiger partial charge on any atom is -0.350 e. The van der Waals surface area contributed by atoms with Gasteiger partial charge in [0.25, 0.3) is 0 Å². The molecule has 0 aromatic carbocycles. The Morgan fingerprint density at radius 2 is 2.40 bits per heavy atom. The summed E-state index contributed by atoms with van der Waals surface area (Å²) in [6, 6.07) is 1.87. The van der Waals surface area contributed by atoms with Gasteiger partial charge in [-0.2, -0.15) is 10.2 Å². The molecule has 1 aromatic rings.